The molecule has 1 aromatic rings. The summed E-state index contributed by atoms with van der Waals surface area (Å²) in [7, 11) is 0. The average Bonchev–Trinajstić information content (AvgIpc) is 2.06. The van der Waals surface area contributed by atoms with Crippen molar-refractivity contribution in [1.29, 1.82) is 0 Å². The topological polar surface area (TPSA) is 32.6 Å². The monoisotopic (exact) mass is 161 g/mol. The largest absolute Gasteiger partial charge is 0.411 e. The molecule has 62 valence electrons. The molecule has 0 aliphatic carbocycles. The molecule has 0 saturated heterocycles. The first-order valence-electron chi connectivity index (χ1n) is 3.73. The summed E-state index contributed by atoms with van der Waals surface area (Å²) in [5, 5.41) is 11.2. The summed E-state index contributed by atoms with van der Waals surface area (Å²) in [6, 6.07) is 9.89. The standard InChI is InChI=1S/C10H11NO/c1-9(8-11-12)7-10-5-3-2-4-6-10/h2-8,12H,1H3/b9-7+,11-8-. The van der Waals surface area contributed by atoms with Crippen LogP contribution in [-0.2, 0) is 0 Å². The summed E-state index contributed by atoms with van der Waals surface area (Å²) in [4.78, 5) is 0. The lowest BCUT2D eigenvalue weighted by molar-refractivity contribution is 0.321. The first kappa shape index (κ1) is 8.53. The van der Waals surface area contributed by atoms with Crippen LogP contribution in [0.4, 0.5) is 0 Å². The van der Waals surface area contributed by atoms with Gasteiger partial charge in [0.15, 0.2) is 0 Å². The maximum Gasteiger partial charge on any atom is 0.0690 e. The van der Waals surface area contributed by atoms with Crippen LogP contribution >= 0.6 is 0 Å². The molecule has 0 atom stereocenters. The fourth-order valence-electron chi connectivity index (χ4n) is 0.940. The Labute approximate surface area is 71.8 Å². The molecule has 0 aliphatic heterocycles. The van der Waals surface area contributed by atoms with Gasteiger partial charge in [-0.05, 0) is 18.1 Å². The molecule has 1 aromatic carbocycles. The van der Waals surface area contributed by atoms with Crippen LogP contribution in [0.15, 0.2) is 41.1 Å². The second-order valence-corrected chi connectivity index (χ2v) is 2.54. The molecule has 0 amide bonds. The highest BCUT2D eigenvalue weighted by molar-refractivity contribution is 5.84. The summed E-state index contributed by atoms with van der Waals surface area (Å²) < 4.78 is 0. The molecular weight excluding hydrogens is 150 g/mol. The van der Waals surface area contributed by atoms with Crippen LogP contribution in [0, 0.1) is 0 Å². The van der Waals surface area contributed by atoms with Crippen LogP contribution in [0.1, 0.15) is 12.5 Å². The number of nitrogens with zero attached hydrogens (tertiary/aromatic N) is 1. The quantitative estimate of drug-likeness (QED) is 0.403. The molecule has 2 nitrogen and oxygen atoms in total. The molecule has 2 heteroatoms. The van der Waals surface area contributed by atoms with E-state index in [1.807, 2.05) is 43.3 Å². The Balaban J connectivity index is 2.81. The van der Waals surface area contributed by atoms with E-state index < -0.39 is 0 Å². The van der Waals surface area contributed by atoms with Gasteiger partial charge in [0, 0.05) is 0 Å². The molecule has 0 aromatic heterocycles. The number of oxime groups is 1. The van der Waals surface area contributed by atoms with E-state index in [0.717, 1.165) is 11.1 Å². The predicted octanol–water partition coefficient (Wildman–Crippen LogP) is 2.55. The molecule has 0 fully saturated rings. The van der Waals surface area contributed by atoms with Crippen molar-refractivity contribution in [2.24, 2.45) is 5.16 Å². The van der Waals surface area contributed by atoms with Gasteiger partial charge < -0.3 is 5.21 Å². The normalized spacial score (nSPS) is 12.2. The number of hydrogen-bond acceptors (Lipinski definition) is 2. The van der Waals surface area contributed by atoms with Crippen molar-refractivity contribution in [3.63, 3.8) is 0 Å². The second-order valence-electron chi connectivity index (χ2n) is 2.54. The third-order valence-corrected chi connectivity index (χ3v) is 1.46. The Morgan fingerprint density at radius 2 is 2.00 bits per heavy atom. The van der Waals surface area contributed by atoms with Crippen LogP contribution in [0.2, 0.25) is 0 Å². The Bertz CT molecular complexity index is 288. The van der Waals surface area contributed by atoms with Gasteiger partial charge in [0.05, 0.1) is 6.21 Å². The number of hydrogen-bond donors (Lipinski definition) is 1. The third-order valence-electron chi connectivity index (χ3n) is 1.46. The van der Waals surface area contributed by atoms with Crippen LogP contribution in [-0.4, -0.2) is 11.4 Å². The lowest BCUT2D eigenvalue weighted by atomic mass is 10.1. The van der Waals surface area contributed by atoms with E-state index in [1.54, 1.807) is 0 Å². The molecular formula is C10H11NO. The van der Waals surface area contributed by atoms with E-state index in [-0.39, 0.29) is 0 Å². The molecule has 0 spiro atoms. The molecule has 1 N–H and O–H groups in total. The number of rotatable bonds is 2. The Hall–Kier alpha value is -1.57. The average molecular weight is 161 g/mol. The zero-order chi connectivity index (χ0) is 8.81. The van der Waals surface area contributed by atoms with Crippen LogP contribution in [0.3, 0.4) is 0 Å². The second kappa shape index (κ2) is 4.34. The minimum Gasteiger partial charge on any atom is -0.411 e. The minimum absolute atomic E-state index is 0.920. The van der Waals surface area contributed by atoms with Gasteiger partial charge in [-0.1, -0.05) is 41.6 Å². The van der Waals surface area contributed by atoms with Crippen molar-refractivity contribution in [3.8, 4) is 0 Å². The van der Waals surface area contributed by atoms with Gasteiger partial charge in [-0.15, -0.1) is 0 Å². The van der Waals surface area contributed by atoms with Gasteiger partial charge in [-0.2, -0.15) is 0 Å². The number of benzene rings is 1. The first-order valence-corrected chi connectivity index (χ1v) is 3.73. The van der Waals surface area contributed by atoms with E-state index in [1.165, 1.54) is 6.21 Å². The summed E-state index contributed by atoms with van der Waals surface area (Å²) in [6.45, 7) is 1.88. The lowest BCUT2D eigenvalue weighted by Gasteiger charge is -1.92. The molecule has 0 heterocycles. The molecule has 0 saturated carbocycles. The highest BCUT2D eigenvalue weighted by Gasteiger charge is 1.85. The predicted molar refractivity (Wildman–Crippen MR) is 50.4 cm³/mol. The molecule has 0 aliphatic rings. The Morgan fingerprint density at radius 1 is 1.33 bits per heavy atom. The van der Waals surface area contributed by atoms with Crippen molar-refractivity contribution in [2.45, 2.75) is 6.92 Å². The SMILES string of the molecule is CC(/C=N\O)=C\c1ccccc1. The van der Waals surface area contributed by atoms with Crippen LogP contribution in [0.5, 0.6) is 0 Å². The van der Waals surface area contributed by atoms with Crippen molar-refractivity contribution in [1.82, 2.24) is 0 Å². The van der Waals surface area contributed by atoms with E-state index in [9.17, 15) is 0 Å². The van der Waals surface area contributed by atoms with Crippen molar-refractivity contribution >= 4 is 12.3 Å². The molecule has 12 heavy (non-hydrogen) atoms. The molecule has 1 rings (SSSR count). The van der Waals surface area contributed by atoms with Gasteiger partial charge in [0.1, 0.15) is 0 Å². The van der Waals surface area contributed by atoms with E-state index in [4.69, 9.17) is 5.21 Å². The highest BCUT2D eigenvalue weighted by atomic mass is 16.4. The fraction of sp³-hybridized carbons (Fsp3) is 0.100. The third kappa shape index (κ3) is 2.58. The fourth-order valence-corrected chi connectivity index (χ4v) is 0.940. The molecule has 0 radical (unpaired) electrons. The van der Waals surface area contributed by atoms with Gasteiger partial charge in [-0.25, -0.2) is 0 Å². The Morgan fingerprint density at radius 3 is 2.58 bits per heavy atom. The van der Waals surface area contributed by atoms with E-state index >= 15 is 0 Å². The van der Waals surface area contributed by atoms with Gasteiger partial charge in [0.2, 0.25) is 0 Å². The molecule has 0 unspecified atom stereocenters. The summed E-state index contributed by atoms with van der Waals surface area (Å²) in [6.07, 6.45) is 3.35. The van der Waals surface area contributed by atoms with Crippen LogP contribution in [0.25, 0.3) is 6.08 Å². The Kier molecular flexibility index (Phi) is 3.08. The summed E-state index contributed by atoms with van der Waals surface area (Å²) in [5.74, 6) is 0. The van der Waals surface area contributed by atoms with E-state index in [0.29, 0.717) is 0 Å². The summed E-state index contributed by atoms with van der Waals surface area (Å²) >= 11 is 0. The maximum atomic E-state index is 8.24. The smallest absolute Gasteiger partial charge is 0.0690 e. The number of allylic oxidation sites excluding steroid dienone is 1. The zero-order valence-corrected chi connectivity index (χ0v) is 6.94. The van der Waals surface area contributed by atoms with Crippen molar-refractivity contribution in [3.05, 3.63) is 41.5 Å². The van der Waals surface area contributed by atoms with Crippen molar-refractivity contribution < 1.29 is 5.21 Å². The lowest BCUT2D eigenvalue weighted by Crippen LogP contribution is -1.77. The van der Waals surface area contributed by atoms with Gasteiger partial charge >= 0.3 is 0 Å². The van der Waals surface area contributed by atoms with E-state index in [2.05, 4.69) is 5.16 Å². The first-order chi connectivity index (χ1) is 5.83. The highest BCUT2D eigenvalue weighted by Crippen LogP contribution is 2.03. The maximum absolute atomic E-state index is 8.24. The van der Waals surface area contributed by atoms with Gasteiger partial charge in [-0.3, -0.25) is 0 Å². The minimum atomic E-state index is 0.920. The van der Waals surface area contributed by atoms with Crippen molar-refractivity contribution in [2.75, 3.05) is 0 Å². The zero-order valence-electron chi connectivity index (χ0n) is 6.94. The summed E-state index contributed by atoms with van der Waals surface area (Å²) in [5.41, 5.74) is 2.03. The van der Waals surface area contributed by atoms with Gasteiger partial charge in [0.25, 0.3) is 0 Å². The van der Waals surface area contributed by atoms with Crippen LogP contribution < -0.4 is 0 Å². The molecule has 0 bridgehead atoms.